The van der Waals surface area contributed by atoms with E-state index in [9.17, 15) is 4.39 Å². The first-order valence-corrected chi connectivity index (χ1v) is 9.39. The lowest BCUT2D eigenvalue weighted by molar-refractivity contribution is 0.191. The molecule has 6 nitrogen and oxygen atoms in total. The maximum Gasteiger partial charge on any atom is 0.191 e. The number of benzene rings is 1. The Morgan fingerprint density at radius 3 is 2.68 bits per heavy atom. The van der Waals surface area contributed by atoms with Crippen molar-refractivity contribution in [2.24, 2.45) is 10.9 Å². The van der Waals surface area contributed by atoms with Crippen LogP contribution in [0, 0.1) is 11.7 Å². The first kappa shape index (κ1) is 24.2. The van der Waals surface area contributed by atoms with Crippen molar-refractivity contribution >= 4 is 29.9 Å². The molecular formula is C20H31FIN5O. The maximum absolute atomic E-state index is 13.8. The Morgan fingerprint density at radius 1 is 1.29 bits per heavy atom. The van der Waals surface area contributed by atoms with Gasteiger partial charge in [-0.15, -0.1) is 24.0 Å². The van der Waals surface area contributed by atoms with Gasteiger partial charge in [-0.3, -0.25) is 4.99 Å². The molecule has 1 atom stereocenters. The molecule has 0 aliphatic heterocycles. The second-order valence-corrected chi connectivity index (χ2v) is 6.77. The van der Waals surface area contributed by atoms with E-state index in [1.165, 1.54) is 6.07 Å². The number of guanidine groups is 1. The van der Waals surface area contributed by atoms with Gasteiger partial charge in [-0.1, -0.05) is 32.9 Å². The van der Waals surface area contributed by atoms with Crippen LogP contribution in [0.4, 0.5) is 4.39 Å². The van der Waals surface area contributed by atoms with Crippen molar-refractivity contribution in [1.29, 1.82) is 0 Å². The zero-order valence-corrected chi connectivity index (χ0v) is 19.3. The third-order valence-corrected chi connectivity index (χ3v) is 4.08. The molecule has 0 bridgehead atoms. The van der Waals surface area contributed by atoms with E-state index in [1.807, 2.05) is 19.3 Å². The zero-order valence-electron chi connectivity index (χ0n) is 17.0. The second-order valence-electron chi connectivity index (χ2n) is 6.77. The monoisotopic (exact) mass is 503 g/mol. The fourth-order valence-corrected chi connectivity index (χ4v) is 2.65. The summed E-state index contributed by atoms with van der Waals surface area (Å²) in [5.41, 5.74) is 0. The van der Waals surface area contributed by atoms with Crippen molar-refractivity contribution in [3.8, 4) is 5.75 Å². The molecule has 2 aromatic rings. The summed E-state index contributed by atoms with van der Waals surface area (Å²) >= 11 is 0. The van der Waals surface area contributed by atoms with Crippen LogP contribution >= 0.6 is 24.0 Å². The minimum atomic E-state index is -0.351. The zero-order chi connectivity index (χ0) is 19.6. The Kier molecular flexibility index (Phi) is 10.9. The molecule has 2 rings (SSSR count). The first-order chi connectivity index (χ1) is 13.0. The molecule has 0 fully saturated rings. The molecule has 28 heavy (non-hydrogen) atoms. The molecule has 1 unspecified atom stereocenters. The van der Waals surface area contributed by atoms with E-state index in [1.54, 1.807) is 25.2 Å². The smallest absolute Gasteiger partial charge is 0.191 e. The third-order valence-electron chi connectivity index (χ3n) is 4.08. The molecule has 2 N–H and O–H groups in total. The molecule has 8 heteroatoms. The van der Waals surface area contributed by atoms with Crippen LogP contribution < -0.4 is 15.4 Å². The molecule has 1 heterocycles. The number of imidazole rings is 1. The second kappa shape index (κ2) is 12.6. The summed E-state index contributed by atoms with van der Waals surface area (Å²) < 4.78 is 21.7. The summed E-state index contributed by atoms with van der Waals surface area (Å²) in [6.07, 6.45) is 4.38. The predicted molar refractivity (Wildman–Crippen MR) is 122 cm³/mol. The van der Waals surface area contributed by atoms with Gasteiger partial charge in [0, 0.05) is 26.0 Å². The molecule has 0 saturated heterocycles. The normalized spacial score (nSPS) is 12.4. The first-order valence-electron chi connectivity index (χ1n) is 9.39. The highest BCUT2D eigenvalue weighted by atomic mass is 127. The van der Waals surface area contributed by atoms with Gasteiger partial charge >= 0.3 is 0 Å². The number of halogens is 2. The molecule has 0 spiro atoms. The fraction of sp³-hybridized carbons (Fsp3) is 0.500. The van der Waals surface area contributed by atoms with Crippen LogP contribution in [-0.2, 0) is 13.1 Å². The molecule has 0 amide bonds. The number of rotatable bonds is 9. The van der Waals surface area contributed by atoms with Crippen LogP contribution in [0.3, 0.4) is 0 Å². The number of para-hydroxylation sites is 1. The lowest BCUT2D eigenvalue weighted by atomic mass is 10.2. The molecular weight excluding hydrogens is 472 g/mol. The largest absolute Gasteiger partial charge is 0.486 e. The summed E-state index contributed by atoms with van der Waals surface area (Å²) in [6, 6.07) is 6.45. The van der Waals surface area contributed by atoms with E-state index < -0.39 is 0 Å². The fourth-order valence-electron chi connectivity index (χ4n) is 2.65. The van der Waals surface area contributed by atoms with Crippen LogP contribution in [0.2, 0.25) is 0 Å². The van der Waals surface area contributed by atoms with Gasteiger partial charge in [-0.25, -0.2) is 9.37 Å². The van der Waals surface area contributed by atoms with Gasteiger partial charge in [0.05, 0.1) is 13.1 Å². The average Bonchev–Trinajstić information content (AvgIpc) is 3.08. The highest BCUT2D eigenvalue weighted by Crippen LogP contribution is 2.17. The number of aromatic nitrogens is 2. The Labute approximate surface area is 184 Å². The Hall–Kier alpha value is -1.84. The van der Waals surface area contributed by atoms with Crippen LogP contribution in [0.5, 0.6) is 5.75 Å². The van der Waals surface area contributed by atoms with Crippen molar-refractivity contribution in [3.05, 3.63) is 48.3 Å². The molecule has 0 saturated carbocycles. The quantitative estimate of drug-likeness (QED) is 0.311. The summed E-state index contributed by atoms with van der Waals surface area (Å²) in [5, 5.41) is 6.50. The number of ether oxygens (including phenoxy) is 1. The van der Waals surface area contributed by atoms with Crippen LogP contribution in [-0.4, -0.2) is 35.2 Å². The summed E-state index contributed by atoms with van der Waals surface area (Å²) in [4.78, 5) is 8.64. The lowest BCUT2D eigenvalue weighted by Crippen LogP contribution is -2.42. The summed E-state index contributed by atoms with van der Waals surface area (Å²) in [6.45, 7) is 8.38. The van der Waals surface area contributed by atoms with E-state index in [-0.39, 0.29) is 41.6 Å². The standard InChI is InChI=1S/C20H30FN5O.HI/c1-5-16(27-18-9-7-6-8-17(18)21)12-24-20(22-4)25-13-19-23-10-11-26(19)14-15(2)3;/h6-11,15-16H,5,12-14H2,1-4H3,(H2,22,24,25);1H. The highest BCUT2D eigenvalue weighted by Gasteiger charge is 2.12. The van der Waals surface area contributed by atoms with Gasteiger partial charge in [0.2, 0.25) is 0 Å². The number of hydrogen-bond acceptors (Lipinski definition) is 3. The average molecular weight is 503 g/mol. The Bertz CT molecular complexity index is 735. The van der Waals surface area contributed by atoms with Crippen molar-refractivity contribution in [2.45, 2.75) is 46.4 Å². The third kappa shape index (κ3) is 7.65. The molecule has 0 aliphatic rings. The highest BCUT2D eigenvalue weighted by molar-refractivity contribution is 14.0. The van der Waals surface area contributed by atoms with Gasteiger partial charge in [0.15, 0.2) is 17.5 Å². The topological polar surface area (TPSA) is 63.5 Å². The van der Waals surface area contributed by atoms with Gasteiger partial charge in [0.1, 0.15) is 11.9 Å². The summed E-state index contributed by atoms with van der Waals surface area (Å²) in [7, 11) is 1.72. The van der Waals surface area contributed by atoms with Gasteiger partial charge in [0.25, 0.3) is 0 Å². The lowest BCUT2D eigenvalue weighted by Gasteiger charge is -2.20. The number of aliphatic imine (C=N–C) groups is 1. The summed E-state index contributed by atoms with van der Waals surface area (Å²) in [5.74, 6) is 2.09. The molecule has 156 valence electrons. The number of nitrogens with zero attached hydrogens (tertiary/aromatic N) is 3. The van der Waals surface area contributed by atoms with Crippen LogP contribution in [0.25, 0.3) is 0 Å². The van der Waals surface area contributed by atoms with E-state index in [2.05, 4.69) is 39.0 Å². The van der Waals surface area contributed by atoms with Crippen molar-refractivity contribution in [3.63, 3.8) is 0 Å². The van der Waals surface area contributed by atoms with Gasteiger partial charge in [-0.2, -0.15) is 0 Å². The number of nitrogens with one attached hydrogen (secondary N) is 2. The van der Waals surface area contributed by atoms with Gasteiger partial charge < -0.3 is 19.9 Å². The molecule has 1 aromatic carbocycles. The van der Waals surface area contributed by atoms with E-state index in [0.717, 1.165) is 18.8 Å². The van der Waals surface area contributed by atoms with Crippen molar-refractivity contribution in [1.82, 2.24) is 20.2 Å². The molecule has 0 aliphatic carbocycles. The Balaban J connectivity index is 0.00000392. The van der Waals surface area contributed by atoms with Gasteiger partial charge in [-0.05, 0) is 24.5 Å². The van der Waals surface area contributed by atoms with Crippen LogP contribution in [0.1, 0.15) is 33.0 Å². The SMILES string of the molecule is CCC(CNC(=NC)NCc1nccn1CC(C)C)Oc1ccccc1F.I. The minimum absolute atomic E-state index is 0. The number of hydrogen-bond donors (Lipinski definition) is 2. The van der Waals surface area contributed by atoms with E-state index in [0.29, 0.717) is 25.0 Å². The Morgan fingerprint density at radius 2 is 2.04 bits per heavy atom. The van der Waals surface area contributed by atoms with Crippen LogP contribution in [0.15, 0.2) is 41.7 Å². The van der Waals surface area contributed by atoms with Crippen molar-refractivity contribution in [2.75, 3.05) is 13.6 Å². The van der Waals surface area contributed by atoms with Crippen molar-refractivity contribution < 1.29 is 9.13 Å². The minimum Gasteiger partial charge on any atom is -0.486 e. The predicted octanol–water partition coefficient (Wildman–Crippen LogP) is 3.82. The maximum atomic E-state index is 13.8. The van der Waals surface area contributed by atoms with E-state index >= 15 is 0 Å². The molecule has 0 radical (unpaired) electrons. The molecule has 1 aromatic heterocycles. The van der Waals surface area contributed by atoms with E-state index in [4.69, 9.17) is 4.74 Å².